The third-order valence-corrected chi connectivity index (χ3v) is 6.79. The first-order chi connectivity index (χ1) is 19.3. The summed E-state index contributed by atoms with van der Waals surface area (Å²) in [6, 6.07) is 60.0. The van der Waals surface area contributed by atoms with E-state index in [1.54, 1.807) is 0 Å². The standard InChI is InChI=1S/C37H30N2/c1-6-16-30(17-7-1)26-31-27-36(38(32-18-8-2-9-19-32)33-20-10-3-11-21-33)29-37(28-31)39(34-22-12-4-13-23-34)35-24-14-5-15-25-35/h1-25,27-29H,26H2. The van der Waals surface area contributed by atoms with Crippen molar-refractivity contribution in [1.29, 1.82) is 0 Å². The maximum absolute atomic E-state index is 2.34. The monoisotopic (exact) mass is 502 g/mol. The molecule has 6 rings (SSSR count). The quantitative estimate of drug-likeness (QED) is 0.204. The smallest absolute Gasteiger partial charge is 0.0485 e. The Kier molecular flexibility index (Phi) is 7.18. The van der Waals surface area contributed by atoms with E-state index in [2.05, 4.69) is 180 Å². The van der Waals surface area contributed by atoms with Gasteiger partial charge in [-0.1, -0.05) is 103 Å². The van der Waals surface area contributed by atoms with Gasteiger partial charge in [-0.05, 0) is 84.3 Å². The van der Waals surface area contributed by atoms with E-state index in [4.69, 9.17) is 0 Å². The van der Waals surface area contributed by atoms with Gasteiger partial charge in [0, 0.05) is 34.1 Å². The Morgan fingerprint density at radius 1 is 0.282 bits per heavy atom. The zero-order valence-corrected chi connectivity index (χ0v) is 21.8. The molecular formula is C37H30N2. The van der Waals surface area contributed by atoms with E-state index in [9.17, 15) is 0 Å². The Bertz CT molecular complexity index is 1420. The van der Waals surface area contributed by atoms with Crippen LogP contribution in [0.1, 0.15) is 11.1 Å². The molecule has 0 amide bonds. The second kappa shape index (κ2) is 11.5. The van der Waals surface area contributed by atoms with Crippen molar-refractivity contribution in [3.63, 3.8) is 0 Å². The van der Waals surface area contributed by atoms with Crippen LogP contribution in [0.4, 0.5) is 34.1 Å². The molecule has 0 aliphatic heterocycles. The molecule has 0 aliphatic rings. The Morgan fingerprint density at radius 3 is 0.923 bits per heavy atom. The van der Waals surface area contributed by atoms with Crippen LogP contribution in [0.5, 0.6) is 0 Å². The largest absolute Gasteiger partial charge is 0.310 e. The van der Waals surface area contributed by atoms with Crippen molar-refractivity contribution >= 4 is 34.1 Å². The van der Waals surface area contributed by atoms with E-state index < -0.39 is 0 Å². The Balaban J connectivity index is 1.57. The molecule has 0 N–H and O–H groups in total. The van der Waals surface area contributed by atoms with Gasteiger partial charge in [0.25, 0.3) is 0 Å². The number of hydrogen-bond donors (Lipinski definition) is 0. The van der Waals surface area contributed by atoms with Crippen molar-refractivity contribution in [2.75, 3.05) is 9.80 Å². The van der Waals surface area contributed by atoms with Gasteiger partial charge in [-0.15, -0.1) is 0 Å². The van der Waals surface area contributed by atoms with E-state index in [-0.39, 0.29) is 0 Å². The van der Waals surface area contributed by atoms with Crippen molar-refractivity contribution in [2.24, 2.45) is 0 Å². The lowest BCUT2D eigenvalue weighted by Crippen LogP contribution is -2.14. The summed E-state index contributed by atoms with van der Waals surface area (Å²) in [5, 5.41) is 0. The number of nitrogens with zero attached hydrogens (tertiary/aromatic N) is 2. The van der Waals surface area contributed by atoms with Crippen molar-refractivity contribution in [3.05, 3.63) is 181 Å². The Labute approximate surface area is 231 Å². The molecule has 0 heterocycles. The number of para-hydroxylation sites is 4. The lowest BCUT2D eigenvalue weighted by Gasteiger charge is -2.30. The van der Waals surface area contributed by atoms with Crippen LogP contribution in [-0.2, 0) is 6.42 Å². The summed E-state index contributed by atoms with van der Waals surface area (Å²) in [5.41, 5.74) is 9.27. The van der Waals surface area contributed by atoms with Crippen LogP contribution in [0.25, 0.3) is 0 Å². The molecule has 0 spiro atoms. The molecule has 0 radical (unpaired) electrons. The summed E-state index contributed by atoms with van der Waals surface area (Å²) in [4.78, 5) is 4.68. The lowest BCUT2D eigenvalue weighted by atomic mass is 10.0. The second-order valence-corrected chi connectivity index (χ2v) is 9.53. The van der Waals surface area contributed by atoms with Gasteiger partial charge in [-0.25, -0.2) is 0 Å². The molecule has 0 saturated heterocycles. The summed E-state index contributed by atoms with van der Waals surface area (Å²) < 4.78 is 0. The van der Waals surface area contributed by atoms with Crippen LogP contribution in [0.3, 0.4) is 0 Å². The summed E-state index contributed by atoms with van der Waals surface area (Å²) in [7, 11) is 0. The highest BCUT2D eigenvalue weighted by Crippen LogP contribution is 2.41. The maximum Gasteiger partial charge on any atom is 0.0485 e. The minimum atomic E-state index is 0.844. The van der Waals surface area contributed by atoms with Crippen LogP contribution in [0.2, 0.25) is 0 Å². The van der Waals surface area contributed by atoms with Gasteiger partial charge in [0.2, 0.25) is 0 Å². The minimum Gasteiger partial charge on any atom is -0.310 e. The molecule has 39 heavy (non-hydrogen) atoms. The zero-order chi connectivity index (χ0) is 26.3. The zero-order valence-electron chi connectivity index (χ0n) is 21.8. The van der Waals surface area contributed by atoms with Gasteiger partial charge < -0.3 is 9.80 Å². The van der Waals surface area contributed by atoms with Gasteiger partial charge in [-0.2, -0.15) is 0 Å². The number of benzene rings is 6. The van der Waals surface area contributed by atoms with Crippen LogP contribution < -0.4 is 9.80 Å². The van der Waals surface area contributed by atoms with Crippen LogP contribution in [0.15, 0.2) is 170 Å². The predicted octanol–water partition coefficient (Wildman–Crippen LogP) is 10.2. The second-order valence-electron chi connectivity index (χ2n) is 9.53. The molecule has 2 nitrogen and oxygen atoms in total. The van der Waals surface area contributed by atoms with Crippen molar-refractivity contribution in [3.8, 4) is 0 Å². The van der Waals surface area contributed by atoms with Gasteiger partial charge in [-0.3, -0.25) is 0 Å². The first kappa shape index (κ1) is 24.3. The van der Waals surface area contributed by atoms with Crippen molar-refractivity contribution in [2.45, 2.75) is 6.42 Å². The average Bonchev–Trinajstić information content (AvgIpc) is 3.00. The van der Waals surface area contributed by atoms with Gasteiger partial charge in [0.15, 0.2) is 0 Å². The van der Waals surface area contributed by atoms with Crippen molar-refractivity contribution in [1.82, 2.24) is 0 Å². The topological polar surface area (TPSA) is 6.48 Å². The van der Waals surface area contributed by atoms with Crippen LogP contribution >= 0.6 is 0 Å². The normalized spacial score (nSPS) is 10.7. The van der Waals surface area contributed by atoms with Crippen LogP contribution in [0, 0.1) is 0 Å². The number of anilines is 6. The first-order valence-corrected chi connectivity index (χ1v) is 13.3. The van der Waals surface area contributed by atoms with Gasteiger partial charge in [0.1, 0.15) is 0 Å². The highest BCUT2D eigenvalue weighted by molar-refractivity contribution is 5.83. The molecule has 0 unspecified atom stereocenters. The summed E-state index contributed by atoms with van der Waals surface area (Å²) in [5.74, 6) is 0. The number of rotatable bonds is 8. The van der Waals surface area contributed by atoms with Crippen LogP contribution in [-0.4, -0.2) is 0 Å². The summed E-state index contributed by atoms with van der Waals surface area (Å²) in [6.07, 6.45) is 0.844. The summed E-state index contributed by atoms with van der Waals surface area (Å²) >= 11 is 0. The minimum absolute atomic E-state index is 0.844. The molecule has 0 aliphatic carbocycles. The highest BCUT2D eigenvalue weighted by atomic mass is 15.2. The molecule has 0 bridgehead atoms. The Hall–Kier alpha value is -5.08. The molecule has 0 saturated carbocycles. The van der Waals surface area contributed by atoms with E-state index in [0.717, 1.165) is 40.5 Å². The van der Waals surface area contributed by atoms with E-state index >= 15 is 0 Å². The fourth-order valence-electron chi connectivity index (χ4n) is 5.05. The molecule has 0 fully saturated rings. The predicted molar refractivity (Wildman–Crippen MR) is 165 cm³/mol. The lowest BCUT2D eigenvalue weighted by molar-refractivity contribution is 1.16. The van der Waals surface area contributed by atoms with Gasteiger partial charge in [0.05, 0.1) is 0 Å². The van der Waals surface area contributed by atoms with E-state index in [1.165, 1.54) is 11.1 Å². The Morgan fingerprint density at radius 2 is 0.590 bits per heavy atom. The molecule has 188 valence electrons. The molecule has 6 aromatic rings. The number of hydrogen-bond acceptors (Lipinski definition) is 2. The SMILES string of the molecule is c1ccc(Cc2cc(N(c3ccccc3)c3ccccc3)cc(N(c3ccccc3)c3ccccc3)c2)cc1. The van der Waals surface area contributed by atoms with E-state index in [1.807, 2.05) is 0 Å². The third kappa shape index (κ3) is 5.61. The van der Waals surface area contributed by atoms with Gasteiger partial charge >= 0.3 is 0 Å². The molecule has 2 heteroatoms. The molecule has 6 aromatic carbocycles. The molecule has 0 aromatic heterocycles. The average molecular weight is 503 g/mol. The maximum atomic E-state index is 2.34. The first-order valence-electron chi connectivity index (χ1n) is 13.3. The highest BCUT2D eigenvalue weighted by Gasteiger charge is 2.18. The van der Waals surface area contributed by atoms with Crippen molar-refractivity contribution < 1.29 is 0 Å². The fourth-order valence-corrected chi connectivity index (χ4v) is 5.05. The summed E-state index contributed by atoms with van der Waals surface area (Å²) in [6.45, 7) is 0. The van der Waals surface area contributed by atoms with E-state index in [0.29, 0.717) is 0 Å². The molecular weight excluding hydrogens is 472 g/mol. The third-order valence-electron chi connectivity index (χ3n) is 6.79. The molecule has 0 atom stereocenters. The fraction of sp³-hybridized carbons (Fsp3) is 0.0270.